The highest BCUT2D eigenvalue weighted by Crippen LogP contribution is 2.36. The lowest BCUT2D eigenvalue weighted by molar-refractivity contribution is -0.139. The summed E-state index contributed by atoms with van der Waals surface area (Å²) in [5.41, 5.74) is 1.62. The molecule has 0 spiro atoms. The van der Waals surface area contributed by atoms with E-state index < -0.39 is 18.0 Å². The molecule has 0 fully saturated rings. The maximum absolute atomic E-state index is 13.9. The molecule has 1 atom stereocenters. The first-order valence-corrected chi connectivity index (χ1v) is 13.4. The van der Waals surface area contributed by atoms with Crippen molar-refractivity contribution < 1.29 is 33.3 Å². The predicted octanol–water partition coefficient (Wildman–Crippen LogP) is 3.14. The van der Waals surface area contributed by atoms with Crippen molar-refractivity contribution in [1.29, 1.82) is 0 Å². The summed E-state index contributed by atoms with van der Waals surface area (Å²) >= 11 is 1.20. The van der Waals surface area contributed by atoms with E-state index in [1.807, 2.05) is 6.07 Å². The summed E-state index contributed by atoms with van der Waals surface area (Å²) in [4.78, 5) is 43.7. The second-order valence-corrected chi connectivity index (χ2v) is 9.66. The van der Waals surface area contributed by atoms with Gasteiger partial charge in [-0.1, -0.05) is 23.5 Å². The minimum Gasteiger partial charge on any atom is -0.493 e. The molecule has 3 aromatic rings. The molecule has 0 unspecified atom stereocenters. The fourth-order valence-corrected chi connectivity index (χ4v) is 5.45. The van der Waals surface area contributed by atoms with Crippen LogP contribution in [0, 0.1) is 0 Å². The summed E-state index contributed by atoms with van der Waals surface area (Å²) in [6.45, 7) is 6.98. The number of aromatic nitrogens is 1. The summed E-state index contributed by atoms with van der Waals surface area (Å²) in [6, 6.07) is 9.42. The number of rotatable bonds is 9. The molecule has 1 aromatic heterocycles. The monoisotopic (exact) mass is 566 g/mol. The molecule has 1 aliphatic rings. The van der Waals surface area contributed by atoms with Crippen LogP contribution in [0.25, 0.3) is 6.08 Å². The second-order valence-electron chi connectivity index (χ2n) is 8.65. The minimum atomic E-state index is -0.853. The molecular weight excluding hydrogens is 536 g/mol. The van der Waals surface area contributed by atoms with E-state index in [-0.39, 0.29) is 23.5 Å². The average Bonchev–Trinajstić information content (AvgIpc) is 3.22. The van der Waals surface area contributed by atoms with Gasteiger partial charge < -0.3 is 23.7 Å². The van der Waals surface area contributed by atoms with E-state index in [9.17, 15) is 14.4 Å². The molecule has 0 bridgehead atoms. The van der Waals surface area contributed by atoms with E-state index in [4.69, 9.17) is 23.7 Å². The van der Waals surface area contributed by atoms with Crippen molar-refractivity contribution >= 4 is 29.4 Å². The van der Waals surface area contributed by atoms with Gasteiger partial charge in [0.05, 0.1) is 49.3 Å². The number of carbonyl (C=O) groups is 2. The lowest BCUT2D eigenvalue weighted by Crippen LogP contribution is -2.40. The van der Waals surface area contributed by atoms with Gasteiger partial charge in [0.25, 0.3) is 5.56 Å². The Morgan fingerprint density at radius 1 is 1.00 bits per heavy atom. The Balaban J connectivity index is 1.94. The molecule has 0 aliphatic carbocycles. The van der Waals surface area contributed by atoms with Gasteiger partial charge in [-0.15, -0.1) is 0 Å². The quantitative estimate of drug-likeness (QED) is 0.287. The molecule has 4 rings (SSSR count). The predicted molar refractivity (Wildman–Crippen MR) is 149 cm³/mol. The number of carbonyl (C=O) groups excluding carboxylic acids is 2. The van der Waals surface area contributed by atoms with E-state index >= 15 is 0 Å². The minimum absolute atomic E-state index is 0.154. The highest BCUT2D eigenvalue weighted by Gasteiger charge is 2.34. The van der Waals surface area contributed by atoms with E-state index in [0.29, 0.717) is 44.4 Å². The fraction of sp³-hybridized carbons (Fsp3) is 0.310. The van der Waals surface area contributed by atoms with Crippen molar-refractivity contribution in [1.82, 2.24) is 4.57 Å². The number of allylic oxidation sites excluding steroid dienone is 1. The number of ether oxygens (including phenoxy) is 5. The first-order chi connectivity index (χ1) is 19.2. The van der Waals surface area contributed by atoms with Crippen LogP contribution in [0.5, 0.6) is 23.0 Å². The van der Waals surface area contributed by atoms with Crippen molar-refractivity contribution in [3.05, 3.63) is 78.5 Å². The molecule has 2 heterocycles. The standard InChI is InChI=1S/C29H30N2O8S/c1-7-37-23-15-19(10-12-21(23)39-17(4)32)26-25(28(34)38-8-2)16(3)30-29-31(26)27(33)24(40-29)14-18-9-11-20(35-5)22(13-18)36-6/h9-15,26H,7-8H2,1-6H3/b24-14+/t26-/m0/s1. The van der Waals surface area contributed by atoms with Gasteiger partial charge in [0.1, 0.15) is 0 Å². The third kappa shape index (κ3) is 5.64. The Morgan fingerprint density at radius 2 is 1.73 bits per heavy atom. The van der Waals surface area contributed by atoms with Crippen LogP contribution in [-0.2, 0) is 14.3 Å². The van der Waals surface area contributed by atoms with Gasteiger partial charge in [-0.25, -0.2) is 9.79 Å². The molecule has 10 nitrogen and oxygen atoms in total. The number of thiazole rings is 1. The fourth-order valence-electron chi connectivity index (χ4n) is 4.40. The van der Waals surface area contributed by atoms with Gasteiger partial charge >= 0.3 is 11.9 Å². The van der Waals surface area contributed by atoms with Crippen molar-refractivity contribution in [3.8, 4) is 23.0 Å². The molecule has 0 saturated heterocycles. The van der Waals surface area contributed by atoms with Crippen LogP contribution in [-0.4, -0.2) is 43.9 Å². The highest BCUT2D eigenvalue weighted by molar-refractivity contribution is 7.07. The number of methoxy groups -OCH3 is 2. The Bertz CT molecular complexity index is 1670. The zero-order chi connectivity index (χ0) is 29.0. The van der Waals surface area contributed by atoms with E-state index in [0.717, 1.165) is 5.56 Å². The Hall–Kier alpha value is -4.38. The van der Waals surface area contributed by atoms with Crippen molar-refractivity contribution in [2.45, 2.75) is 33.7 Å². The number of nitrogens with zero attached hydrogens (tertiary/aromatic N) is 2. The van der Waals surface area contributed by atoms with Crippen molar-refractivity contribution in [2.75, 3.05) is 27.4 Å². The Kier molecular flexibility index (Phi) is 8.73. The zero-order valence-corrected chi connectivity index (χ0v) is 23.9. The third-order valence-corrected chi connectivity index (χ3v) is 7.04. The molecular formula is C29H30N2O8S. The molecule has 0 amide bonds. The van der Waals surface area contributed by atoms with Gasteiger partial charge in [-0.2, -0.15) is 0 Å². The summed E-state index contributed by atoms with van der Waals surface area (Å²) in [7, 11) is 3.09. The number of hydrogen-bond donors (Lipinski definition) is 0. The van der Waals surface area contributed by atoms with Gasteiger partial charge in [-0.05, 0) is 62.2 Å². The zero-order valence-electron chi connectivity index (χ0n) is 23.1. The maximum Gasteiger partial charge on any atom is 0.338 e. The first-order valence-electron chi connectivity index (χ1n) is 12.6. The van der Waals surface area contributed by atoms with Gasteiger partial charge in [-0.3, -0.25) is 14.2 Å². The smallest absolute Gasteiger partial charge is 0.338 e. The van der Waals surface area contributed by atoms with Crippen LogP contribution in [0.15, 0.2) is 57.5 Å². The average molecular weight is 567 g/mol. The van der Waals surface area contributed by atoms with Crippen LogP contribution in [0.1, 0.15) is 44.9 Å². The topological polar surface area (TPSA) is 115 Å². The van der Waals surface area contributed by atoms with Crippen molar-refractivity contribution in [2.24, 2.45) is 4.99 Å². The lowest BCUT2D eigenvalue weighted by atomic mass is 9.95. The number of esters is 2. The SMILES string of the molecule is CCOC(=O)C1=C(C)N=c2s/c(=C/c3ccc(OC)c(OC)c3)c(=O)n2[C@H]1c1ccc(OC(C)=O)c(OCC)c1. The van der Waals surface area contributed by atoms with Gasteiger partial charge in [0.2, 0.25) is 0 Å². The molecule has 0 saturated carbocycles. The summed E-state index contributed by atoms with van der Waals surface area (Å²) in [5.74, 6) is 0.555. The number of benzene rings is 2. The number of hydrogen-bond acceptors (Lipinski definition) is 10. The van der Waals surface area contributed by atoms with Crippen LogP contribution in [0.3, 0.4) is 0 Å². The third-order valence-electron chi connectivity index (χ3n) is 6.06. The van der Waals surface area contributed by atoms with E-state index in [1.165, 1.54) is 22.8 Å². The van der Waals surface area contributed by atoms with Gasteiger partial charge in [0.15, 0.2) is 27.8 Å². The normalized spacial score (nSPS) is 14.8. The van der Waals surface area contributed by atoms with Crippen LogP contribution >= 0.6 is 11.3 Å². The van der Waals surface area contributed by atoms with E-state index in [1.54, 1.807) is 71.4 Å². The molecule has 1 aliphatic heterocycles. The molecule has 11 heteroatoms. The van der Waals surface area contributed by atoms with Crippen LogP contribution in [0.4, 0.5) is 0 Å². The van der Waals surface area contributed by atoms with Crippen molar-refractivity contribution in [3.63, 3.8) is 0 Å². The Morgan fingerprint density at radius 3 is 2.38 bits per heavy atom. The number of fused-ring (bicyclic) bond motifs is 1. The summed E-state index contributed by atoms with van der Waals surface area (Å²) in [6.07, 6.45) is 1.74. The van der Waals surface area contributed by atoms with Crippen LogP contribution in [0.2, 0.25) is 0 Å². The van der Waals surface area contributed by atoms with Gasteiger partial charge in [0, 0.05) is 6.92 Å². The molecule has 0 N–H and O–H groups in total. The summed E-state index contributed by atoms with van der Waals surface area (Å²) < 4.78 is 29.0. The largest absolute Gasteiger partial charge is 0.493 e. The highest BCUT2D eigenvalue weighted by atomic mass is 32.1. The summed E-state index contributed by atoms with van der Waals surface area (Å²) in [5, 5.41) is 0. The maximum atomic E-state index is 13.9. The first kappa shape index (κ1) is 28.6. The lowest BCUT2D eigenvalue weighted by Gasteiger charge is -2.25. The molecule has 40 heavy (non-hydrogen) atoms. The molecule has 210 valence electrons. The second kappa shape index (κ2) is 12.2. The van der Waals surface area contributed by atoms with E-state index in [2.05, 4.69) is 4.99 Å². The Labute approximate surface area is 234 Å². The van der Waals surface area contributed by atoms with Crippen LogP contribution < -0.4 is 33.8 Å². The molecule has 0 radical (unpaired) electrons. The molecule has 2 aromatic carbocycles.